The first-order valence-corrected chi connectivity index (χ1v) is 11.0. The van der Waals surface area contributed by atoms with Crippen LogP contribution in [0.5, 0.6) is 0 Å². The highest BCUT2D eigenvalue weighted by Crippen LogP contribution is 2.31. The number of esters is 1. The van der Waals surface area contributed by atoms with Gasteiger partial charge >= 0.3 is 5.97 Å². The summed E-state index contributed by atoms with van der Waals surface area (Å²) in [5.74, 6) is -1.29. The van der Waals surface area contributed by atoms with E-state index in [0.717, 1.165) is 44.6 Å². The molecular formula is C17H20Cl2N2O5S. The summed E-state index contributed by atoms with van der Waals surface area (Å²) >= 11 is 12.0. The number of nitrogens with one attached hydrogen (secondary N) is 2. The average Bonchev–Trinajstić information content (AvgIpc) is 3.24. The van der Waals surface area contributed by atoms with E-state index in [1.807, 2.05) is 0 Å². The minimum Gasteiger partial charge on any atom is -0.452 e. The van der Waals surface area contributed by atoms with E-state index in [1.165, 1.54) is 6.07 Å². The van der Waals surface area contributed by atoms with Crippen molar-refractivity contribution >= 4 is 45.1 Å². The number of sulfonamides is 1. The van der Waals surface area contributed by atoms with Crippen LogP contribution < -0.4 is 10.0 Å². The van der Waals surface area contributed by atoms with E-state index >= 15 is 0 Å². The Balaban J connectivity index is 1.68. The topological polar surface area (TPSA) is 102 Å². The van der Waals surface area contributed by atoms with Crippen molar-refractivity contribution in [3.05, 3.63) is 27.7 Å². The van der Waals surface area contributed by atoms with Gasteiger partial charge in [0.1, 0.15) is 4.90 Å². The number of carbonyl (C=O) groups is 2. The monoisotopic (exact) mass is 434 g/mol. The highest BCUT2D eigenvalue weighted by atomic mass is 35.5. The molecule has 0 spiro atoms. The van der Waals surface area contributed by atoms with Crippen LogP contribution in [0.25, 0.3) is 0 Å². The number of amides is 1. The van der Waals surface area contributed by atoms with Gasteiger partial charge in [-0.2, -0.15) is 0 Å². The predicted molar refractivity (Wildman–Crippen MR) is 100 cm³/mol. The molecule has 27 heavy (non-hydrogen) atoms. The third kappa shape index (κ3) is 5.34. The zero-order valence-corrected chi connectivity index (χ0v) is 16.8. The van der Waals surface area contributed by atoms with E-state index in [2.05, 4.69) is 10.0 Å². The van der Waals surface area contributed by atoms with E-state index in [0.29, 0.717) is 0 Å². The molecule has 2 N–H and O–H groups in total. The molecule has 0 atom stereocenters. The van der Waals surface area contributed by atoms with Gasteiger partial charge in [0.25, 0.3) is 5.91 Å². The van der Waals surface area contributed by atoms with E-state index in [4.69, 9.17) is 27.9 Å². The molecule has 1 aromatic carbocycles. The van der Waals surface area contributed by atoms with Gasteiger partial charge in [0.15, 0.2) is 6.61 Å². The van der Waals surface area contributed by atoms with Crippen molar-refractivity contribution in [1.82, 2.24) is 10.0 Å². The molecule has 0 heterocycles. The first-order chi connectivity index (χ1) is 12.8. The molecule has 0 saturated heterocycles. The van der Waals surface area contributed by atoms with Crippen LogP contribution >= 0.6 is 23.2 Å². The number of hydrogen-bond donors (Lipinski definition) is 2. The Bertz CT molecular complexity index is 849. The highest BCUT2D eigenvalue weighted by molar-refractivity contribution is 7.89. The molecule has 7 nitrogen and oxygen atoms in total. The minimum atomic E-state index is -3.88. The summed E-state index contributed by atoms with van der Waals surface area (Å²) in [7, 11) is -3.88. The van der Waals surface area contributed by atoms with E-state index < -0.39 is 28.5 Å². The maximum absolute atomic E-state index is 12.4. The normalized spacial score (nSPS) is 17.7. The SMILES string of the molecule is O=C(COC(=O)c1cc(S(=O)(=O)NC2CC2)c(Cl)cc1Cl)NC1CCCC1. The van der Waals surface area contributed by atoms with E-state index in [9.17, 15) is 18.0 Å². The van der Waals surface area contributed by atoms with E-state index in [-0.39, 0.29) is 32.6 Å². The Morgan fingerprint density at radius 1 is 1.04 bits per heavy atom. The van der Waals surface area contributed by atoms with Crippen LogP contribution in [-0.4, -0.2) is 39.0 Å². The lowest BCUT2D eigenvalue weighted by atomic mass is 10.2. The standard InChI is InChI=1S/C17H20Cl2N2O5S/c18-13-8-14(19)15(27(24,25)21-11-5-6-11)7-12(13)17(23)26-9-16(22)20-10-3-1-2-4-10/h7-8,10-11,21H,1-6,9H2,(H,20,22). The zero-order valence-electron chi connectivity index (χ0n) is 14.5. The third-order valence-corrected chi connectivity index (χ3v) is 6.78. The lowest BCUT2D eigenvalue weighted by Gasteiger charge is -2.13. The Labute approximate surface area is 167 Å². The number of ether oxygens (including phenoxy) is 1. The summed E-state index contributed by atoms with van der Waals surface area (Å²) in [4.78, 5) is 23.9. The van der Waals surface area contributed by atoms with Crippen molar-refractivity contribution in [2.24, 2.45) is 0 Å². The van der Waals surface area contributed by atoms with Gasteiger partial charge in [-0.3, -0.25) is 4.79 Å². The second-order valence-corrected chi connectivity index (χ2v) is 9.28. The van der Waals surface area contributed by atoms with Crippen LogP contribution in [0.3, 0.4) is 0 Å². The Kier molecular flexibility index (Phi) is 6.30. The molecule has 10 heteroatoms. The first-order valence-electron chi connectivity index (χ1n) is 8.74. The second kappa shape index (κ2) is 8.34. The van der Waals surface area contributed by atoms with Gasteiger partial charge in [0, 0.05) is 12.1 Å². The van der Waals surface area contributed by atoms with Crippen molar-refractivity contribution in [2.75, 3.05) is 6.61 Å². The van der Waals surface area contributed by atoms with Crippen LogP contribution in [0.2, 0.25) is 10.0 Å². The fourth-order valence-electron chi connectivity index (χ4n) is 2.92. The third-order valence-electron chi connectivity index (χ3n) is 4.48. The maximum Gasteiger partial charge on any atom is 0.340 e. The fourth-order valence-corrected chi connectivity index (χ4v) is 5.08. The van der Waals surface area contributed by atoms with Crippen molar-refractivity contribution in [1.29, 1.82) is 0 Å². The van der Waals surface area contributed by atoms with Gasteiger partial charge in [-0.1, -0.05) is 36.0 Å². The summed E-state index contributed by atoms with van der Waals surface area (Å²) in [6.45, 7) is -0.462. The van der Waals surface area contributed by atoms with Gasteiger partial charge in [-0.05, 0) is 37.8 Å². The van der Waals surface area contributed by atoms with Crippen molar-refractivity contribution in [2.45, 2.75) is 55.5 Å². The molecule has 0 aliphatic heterocycles. The first kappa shape index (κ1) is 20.4. The van der Waals surface area contributed by atoms with Crippen LogP contribution in [0, 0.1) is 0 Å². The van der Waals surface area contributed by atoms with Crippen molar-refractivity contribution in [3.8, 4) is 0 Å². The van der Waals surface area contributed by atoms with Crippen LogP contribution in [0.15, 0.2) is 17.0 Å². The molecule has 2 saturated carbocycles. The lowest BCUT2D eigenvalue weighted by molar-refractivity contribution is -0.124. The number of benzene rings is 1. The smallest absolute Gasteiger partial charge is 0.340 e. The van der Waals surface area contributed by atoms with Crippen molar-refractivity contribution in [3.63, 3.8) is 0 Å². The molecule has 1 amide bonds. The van der Waals surface area contributed by atoms with Crippen molar-refractivity contribution < 1.29 is 22.7 Å². The Morgan fingerprint density at radius 2 is 1.70 bits per heavy atom. The summed E-state index contributed by atoms with van der Waals surface area (Å²) in [6.07, 6.45) is 5.48. The summed E-state index contributed by atoms with van der Waals surface area (Å²) in [5.41, 5.74) is -0.161. The number of halogens is 2. The molecule has 148 valence electrons. The van der Waals surface area contributed by atoms with Crippen LogP contribution in [-0.2, 0) is 19.6 Å². The summed E-state index contributed by atoms with van der Waals surface area (Å²) in [5, 5.41) is 2.65. The fraction of sp³-hybridized carbons (Fsp3) is 0.529. The summed E-state index contributed by atoms with van der Waals surface area (Å²) < 4.78 is 32.3. The molecule has 2 fully saturated rings. The minimum absolute atomic E-state index is 0.0495. The molecule has 2 aliphatic carbocycles. The van der Waals surface area contributed by atoms with Gasteiger partial charge in [-0.15, -0.1) is 0 Å². The lowest BCUT2D eigenvalue weighted by Crippen LogP contribution is -2.36. The predicted octanol–water partition coefficient (Wildman–Crippen LogP) is 2.65. The average molecular weight is 435 g/mol. The highest BCUT2D eigenvalue weighted by Gasteiger charge is 2.30. The Morgan fingerprint density at radius 3 is 2.33 bits per heavy atom. The van der Waals surface area contributed by atoms with E-state index in [1.54, 1.807) is 0 Å². The summed E-state index contributed by atoms with van der Waals surface area (Å²) in [6, 6.07) is 2.25. The quantitative estimate of drug-likeness (QED) is 0.642. The van der Waals surface area contributed by atoms with Gasteiger partial charge < -0.3 is 10.1 Å². The molecule has 0 aromatic heterocycles. The van der Waals surface area contributed by atoms with Crippen LogP contribution in [0.1, 0.15) is 48.9 Å². The molecular weight excluding hydrogens is 415 g/mol. The number of hydrogen-bond acceptors (Lipinski definition) is 5. The maximum atomic E-state index is 12.4. The number of rotatable bonds is 7. The Hall–Kier alpha value is -1.35. The molecule has 0 radical (unpaired) electrons. The largest absolute Gasteiger partial charge is 0.452 e. The van der Waals surface area contributed by atoms with Crippen LogP contribution in [0.4, 0.5) is 0 Å². The molecule has 3 rings (SSSR count). The molecule has 1 aromatic rings. The molecule has 0 bridgehead atoms. The van der Waals surface area contributed by atoms with Gasteiger partial charge in [0.05, 0.1) is 15.6 Å². The number of carbonyl (C=O) groups excluding carboxylic acids is 2. The zero-order chi connectivity index (χ0) is 19.6. The second-order valence-electron chi connectivity index (χ2n) is 6.78. The van der Waals surface area contributed by atoms with Gasteiger partial charge in [0.2, 0.25) is 10.0 Å². The molecule has 0 unspecified atom stereocenters. The van der Waals surface area contributed by atoms with Gasteiger partial charge in [-0.25, -0.2) is 17.9 Å². The molecule has 2 aliphatic rings.